The highest BCUT2D eigenvalue weighted by Gasteiger charge is 2.42. The fraction of sp³-hybridized carbons (Fsp3) is 0.333. The van der Waals surface area contributed by atoms with Crippen molar-refractivity contribution >= 4 is 19.4 Å². The zero-order valence-electron chi connectivity index (χ0n) is 11.1. The van der Waals surface area contributed by atoms with Gasteiger partial charge in [0.1, 0.15) is 0 Å². The highest BCUT2D eigenvalue weighted by Crippen LogP contribution is 2.43. The van der Waals surface area contributed by atoms with Gasteiger partial charge in [0.2, 0.25) is 0 Å². The highest BCUT2D eigenvalue weighted by molar-refractivity contribution is 7.52. The van der Waals surface area contributed by atoms with E-state index < -0.39 is 25.4 Å². The summed E-state index contributed by atoms with van der Waals surface area (Å²) in [5.41, 5.74) is 0.227. The maximum atomic E-state index is 12.0. The van der Waals surface area contributed by atoms with Gasteiger partial charge in [0.05, 0.1) is 17.7 Å². The van der Waals surface area contributed by atoms with Crippen molar-refractivity contribution in [2.24, 2.45) is 0 Å². The van der Waals surface area contributed by atoms with Gasteiger partial charge < -0.3 is 14.5 Å². The average molecular weight is 315 g/mol. The Labute approximate surface area is 120 Å². The first-order valence-electron chi connectivity index (χ1n) is 6.17. The molecular weight excluding hydrogens is 301 g/mol. The molecule has 0 saturated heterocycles. The molecule has 0 aliphatic carbocycles. The molecule has 9 heteroatoms. The molecule has 1 aromatic rings. The first-order valence-corrected chi connectivity index (χ1v) is 7.85. The number of fused-ring (bicyclic) bond motifs is 1. The van der Waals surface area contributed by atoms with Crippen LogP contribution in [0, 0.1) is 0 Å². The summed E-state index contributed by atoms with van der Waals surface area (Å²) in [6, 6.07) is 4.00. The van der Waals surface area contributed by atoms with Gasteiger partial charge >= 0.3 is 7.60 Å². The zero-order valence-corrected chi connectivity index (χ0v) is 12.0. The number of benzene rings is 1. The molecule has 21 heavy (non-hydrogen) atoms. The van der Waals surface area contributed by atoms with E-state index >= 15 is 0 Å². The molecule has 1 heterocycles. The minimum atomic E-state index is -4.80. The van der Waals surface area contributed by atoms with E-state index in [0.717, 1.165) is 0 Å². The van der Waals surface area contributed by atoms with Gasteiger partial charge in [-0.2, -0.15) is 0 Å². The summed E-state index contributed by atoms with van der Waals surface area (Å²) in [6.07, 6.45) is 0.488. The Bertz CT molecular complexity index is 576. The van der Waals surface area contributed by atoms with Gasteiger partial charge in [0.25, 0.3) is 17.8 Å². The van der Waals surface area contributed by atoms with Crippen molar-refractivity contribution in [2.45, 2.75) is 19.4 Å². The van der Waals surface area contributed by atoms with Crippen molar-refractivity contribution in [3.8, 4) is 0 Å². The van der Waals surface area contributed by atoms with Crippen molar-refractivity contribution in [1.29, 1.82) is 0 Å². The van der Waals surface area contributed by atoms with Gasteiger partial charge in [-0.3, -0.25) is 14.2 Å². The Morgan fingerprint density at radius 3 is 2.14 bits per heavy atom. The second-order valence-electron chi connectivity index (χ2n) is 4.32. The average Bonchev–Trinajstić information content (AvgIpc) is 2.67. The van der Waals surface area contributed by atoms with E-state index in [1.165, 1.54) is 12.1 Å². The summed E-state index contributed by atoms with van der Waals surface area (Å²) in [5, 5.41) is 0.323. The molecule has 2 N–H and O–H groups in total. The van der Waals surface area contributed by atoms with Crippen LogP contribution >= 0.6 is 7.60 Å². The molecule has 2 amide bonds. The number of imide groups is 1. The molecule has 1 aliphatic heterocycles. The summed E-state index contributed by atoms with van der Waals surface area (Å²) in [7, 11) is -4.80. The van der Waals surface area contributed by atoms with Crippen molar-refractivity contribution in [3.63, 3.8) is 0 Å². The van der Waals surface area contributed by atoms with Crippen LogP contribution in [0.1, 0.15) is 34.1 Å². The third-order valence-corrected chi connectivity index (χ3v) is 3.48. The lowest BCUT2D eigenvalue weighted by atomic mass is 10.1. The first kappa shape index (κ1) is 15.8. The molecule has 1 aromatic carbocycles. The van der Waals surface area contributed by atoms with E-state index in [2.05, 4.69) is 0 Å². The van der Waals surface area contributed by atoms with E-state index in [1.807, 2.05) is 0 Å². The lowest BCUT2D eigenvalue weighted by Gasteiger charge is -2.22. The number of ether oxygens (including phenoxy) is 1. The normalized spacial score (nSPS) is 16.2. The van der Waals surface area contributed by atoms with Crippen LogP contribution in [0.5, 0.6) is 0 Å². The van der Waals surface area contributed by atoms with Crippen molar-refractivity contribution in [3.05, 3.63) is 35.4 Å². The number of amides is 2. The number of hydrogen-bond donors (Lipinski definition) is 2. The van der Waals surface area contributed by atoms with Crippen molar-refractivity contribution in [1.82, 2.24) is 5.06 Å². The van der Waals surface area contributed by atoms with Crippen LogP contribution in [0.15, 0.2) is 24.3 Å². The van der Waals surface area contributed by atoms with Crippen LogP contribution in [-0.4, -0.2) is 39.3 Å². The van der Waals surface area contributed by atoms with Crippen LogP contribution in [0.4, 0.5) is 0 Å². The van der Waals surface area contributed by atoms with Gasteiger partial charge in [0, 0.05) is 0 Å². The van der Waals surface area contributed by atoms with E-state index in [0.29, 0.717) is 11.5 Å². The van der Waals surface area contributed by atoms with Gasteiger partial charge in [0.15, 0.2) is 0 Å². The van der Waals surface area contributed by atoms with Crippen molar-refractivity contribution < 1.29 is 33.5 Å². The fourth-order valence-corrected chi connectivity index (χ4v) is 2.28. The number of nitrogens with zero attached hydrogens (tertiary/aromatic N) is 1. The summed E-state index contributed by atoms with van der Waals surface area (Å²) >= 11 is 0. The molecule has 8 nitrogen and oxygen atoms in total. The van der Waals surface area contributed by atoms with Crippen LogP contribution in [-0.2, 0) is 14.1 Å². The third-order valence-electron chi connectivity index (χ3n) is 2.69. The Morgan fingerprint density at radius 2 is 1.71 bits per heavy atom. The number of hydroxylamine groups is 2. The van der Waals surface area contributed by atoms with Crippen LogP contribution in [0.2, 0.25) is 0 Å². The molecule has 0 saturated carbocycles. The van der Waals surface area contributed by atoms with E-state index in [4.69, 9.17) is 19.4 Å². The lowest BCUT2D eigenvalue weighted by Crippen LogP contribution is -2.35. The summed E-state index contributed by atoms with van der Waals surface area (Å²) < 4.78 is 16.2. The Kier molecular flexibility index (Phi) is 4.55. The molecular formula is C12H14NO7P. The van der Waals surface area contributed by atoms with Gasteiger partial charge in [-0.05, 0) is 18.6 Å². The predicted molar refractivity (Wildman–Crippen MR) is 70.1 cm³/mol. The summed E-state index contributed by atoms with van der Waals surface area (Å²) in [4.78, 5) is 47.2. The van der Waals surface area contributed by atoms with Crippen molar-refractivity contribution in [2.75, 3.05) is 6.61 Å². The second kappa shape index (κ2) is 6.05. The van der Waals surface area contributed by atoms with Crippen LogP contribution in [0.25, 0.3) is 0 Å². The van der Waals surface area contributed by atoms with Crippen LogP contribution in [0.3, 0.4) is 0 Å². The fourth-order valence-electron chi connectivity index (χ4n) is 1.76. The smallest absolute Gasteiger partial charge is 0.341 e. The Balaban J connectivity index is 2.21. The first-order chi connectivity index (χ1) is 9.86. The number of hydrogen-bond acceptors (Lipinski definition) is 5. The number of carbonyl (C=O) groups is 2. The molecule has 1 atom stereocenters. The molecule has 1 unspecified atom stereocenters. The minimum absolute atomic E-state index is 0.0128. The SMILES string of the molecule is CCCOC(ON1C(=O)c2ccccc2C1=O)P(=O)(O)O. The van der Waals surface area contributed by atoms with E-state index in [-0.39, 0.29) is 17.7 Å². The monoisotopic (exact) mass is 315 g/mol. The topological polar surface area (TPSA) is 113 Å². The number of carbonyl (C=O) groups excluding carboxylic acids is 2. The number of rotatable bonds is 6. The standard InChI is InChI=1S/C12H14NO7P/c1-2-7-19-12(21(16,17)18)20-13-10(14)8-5-3-4-6-9(8)11(13)15/h3-6,12H,2,7H2,1H3,(H2,16,17,18). The third kappa shape index (κ3) is 3.20. The highest BCUT2D eigenvalue weighted by atomic mass is 31.2. The van der Waals surface area contributed by atoms with E-state index in [9.17, 15) is 14.2 Å². The summed E-state index contributed by atoms with van der Waals surface area (Å²) in [6.45, 7) is 1.75. The van der Waals surface area contributed by atoms with Gasteiger partial charge in [-0.1, -0.05) is 19.1 Å². The molecule has 0 fully saturated rings. The summed E-state index contributed by atoms with van der Waals surface area (Å²) in [5.74, 6) is -1.57. The Morgan fingerprint density at radius 1 is 1.19 bits per heavy atom. The lowest BCUT2D eigenvalue weighted by molar-refractivity contribution is -0.201. The quantitative estimate of drug-likeness (QED) is 0.459. The second-order valence-corrected chi connectivity index (χ2v) is 5.92. The van der Waals surface area contributed by atoms with E-state index in [1.54, 1.807) is 19.1 Å². The molecule has 114 valence electrons. The maximum absolute atomic E-state index is 12.0. The molecule has 1 aliphatic rings. The molecule has 0 spiro atoms. The maximum Gasteiger partial charge on any atom is 0.383 e. The molecule has 0 bridgehead atoms. The molecule has 0 radical (unpaired) electrons. The molecule has 2 rings (SSSR count). The minimum Gasteiger partial charge on any atom is -0.341 e. The largest absolute Gasteiger partial charge is 0.383 e. The van der Waals surface area contributed by atoms with Crippen LogP contribution < -0.4 is 0 Å². The zero-order chi connectivity index (χ0) is 15.6. The predicted octanol–water partition coefficient (Wildman–Crippen LogP) is 1.10. The van der Waals surface area contributed by atoms with Gasteiger partial charge in [-0.25, -0.2) is 4.84 Å². The van der Waals surface area contributed by atoms with Gasteiger partial charge in [-0.15, -0.1) is 5.06 Å². The molecule has 0 aromatic heterocycles. The Hall–Kier alpha value is -1.57.